The normalized spacial score (nSPS) is 25.4. The Bertz CT molecular complexity index is 331. The molecule has 0 aromatic carbocycles. The van der Waals surface area contributed by atoms with Gasteiger partial charge in [0.15, 0.2) is 0 Å². The van der Waals surface area contributed by atoms with Crippen LogP contribution in [-0.2, 0) is 11.3 Å². The Morgan fingerprint density at radius 1 is 1.42 bits per heavy atom. The standard InChI is InChI=1S/C15H25NO3/c1-12-4-6-14(7-5-12)19-11-13(17)9-16-10-15-3-2-8-18-15/h2-3,8,12-14,16-17H,4-7,9-11H2,1H3/t12?,13-,14?/m1/s1. The Morgan fingerprint density at radius 3 is 2.89 bits per heavy atom. The fourth-order valence-corrected chi connectivity index (χ4v) is 2.48. The van der Waals surface area contributed by atoms with Crippen LogP contribution in [0.25, 0.3) is 0 Å². The molecule has 1 aliphatic carbocycles. The summed E-state index contributed by atoms with van der Waals surface area (Å²) in [6, 6.07) is 3.78. The highest BCUT2D eigenvalue weighted by molar-refractivity contribution is 4.97. The fourth-order valence-electron chi connectivity index (χ4n) is 2.48. The number of rotatable bonds is 7. The average molecular weight is 267 g/mol. The molecule has 2 N–H and O–H groups in total. The van der Waals surface area contributed by atoms with Crippen molar-refractivity contribution in [3.8, 4) is 0 Å². The summed E-state index contributed by atoms with van der Waals surface area (Å²) < 4.78 is 11.0. The summed E-state index contributed by atoms with van der Waals surface area (Å²) in [7, 11) is 0. The number of hydrogen-bond acceptors (Lipinski definition) is 4. The molecule has 1 aromatic rings. The predicted molar refractivity (Wildman–Crippen MR) is 73.8 cm³/mol. The summed E-state index contributed by atoms with van der Waals surface area (Å²) in [4.78, 5) is 0. The number of aliphatic hydroxyl groups excluding tert-OH is 1. The maximum atomic E-state index is 9.84. The van der Waals surface area contributed by atoms with Crippen LogP contribution in [0, 0.1) is 5.92 Å². The molecule has 0 saturated heterocycles. The van der Waals surface area contributed by atoms with Gasteiger partial charge in [0, 0.05) is 6.54 Å². The van der Waals surface area contributed by atoms with Gasteiger partial charge >= 0.3 is 0 Å². The van der Waals surface area contributed by atoms with Crippen LogP contribution >= 0.6 is 0 Å². The van der Waals surface area contributed by atoms with E-state index < -0.39 is 6.10 Å². The zero-order chi connectivity index (χ0) is 13.5. The largest absolute Gasteiger partial charge is 0.468 e. The van der Waals surface area contributed by atoms with E-state index in [0.717, 1.165) is 24.5 Å². The second kappa shape index (κ2) is 7.68. The van der Waals surface area contributed by atoms with Crippen LogP contribution in [0.15, 0.2) is 22.8 Å². The van der Waals surface area contributed by atoms with E-state index in [1.807, 2.05) is 12.1 Å². The summed E-state index contributed by atoms with van der Waals surface area (Å²) in [5.41, 5.74) is 0. The van der Waals surface area contributed by atoms with Gasteiger partial charge in [0.2, 0.25) is 0 Å². The van der Waals surface area contributed by atoms with Crippen LogP contribution in [0.3, 0.4) is 0 Å². The van der Waals surface area contributed by atoms with Crippen molar-refractivity contribution >= 4 is 0 Å². The van der Waals surface area contributed by atoms with Crippen molar-refractivity contribution in [2.24, 2.45) is 5.92 Å². The van der Waals surface area contributed by atoms with Gasteiger partial charge in [0.1, 0.15) is 5.76 Å². The van der Waals surface area contributed by atoms with Crippen molar-refractivity contribution in [2.75, 3.05) is 13.2 Å². The Hall–Kier alpha value is -0.840. The van der Waals surface area contributed by atoms with Gasteiger partial charge in [-0.25, -0.2) is 0 Å². The lowest BCUT2D eigenvalue weighted by Crippen LogP contribution is -2.32. The molecule has 19 heavy (non-hydrogen) atoms. The third kappa shape index (κ3) is 5.35. The molecule has 0 aliphatic heterocycles. The summed E-state index contributed by atoms with van der Waals surface area (Å²) in [6.45, 7) is 3.89. The molecule has 108 valence electrons. The van der Waals surface area contributed by atoms with Crippen LogP contribution in [0.4, 0.5) is 0 Å². The zero-order valence-corrected chi connectivity index (χ0v) is 11.7. The van der Waals surface area contributed by atoms with Gasteiger partial charge in [0.25, 0.3) is 0 Å². The first-order chi connectivity index (χ1) is 9.24. The minimum absolute atomic E-state index is 0.343. The number of aliphatic hydroxyl groups is 1. The third-order valence-corrected chi connectivity index (χ3v) is 3.75. The Balaban J connectivity index is 1.53. The van der Waals surface area contributed by atoms with E-state index in [0.29, 0.717) is 25.8 Å². The van der Waals surface area contributed by atoms with Gasteiger partial charge < -0.3 is 19.6 Å². The van der Waals surface area contributed by atoms with Crippen molar-refractivity contribution in [3.63, 3.8) is 0 Å². The topological polar surface area (TPSA) is 54.6 Å². The van der Waals surface area contributed by atoms with Crippen LogP contribution in [0.2, 0.25) is 0 Å². The number of ether oxygens (including phenoxy) is 1. The van der Waals surface area contributed by atoms with Gasteiger partial charge in [0.05, 0.1) is 31.6 Å². The quantitative estimate of drug-likeness (QED) is 0.796. The van der Waals surface area contributed by atoms with Gasteiger partial charge in [-0.1, -0.05) is 6.92 Å². The smallest absolute Gasteiger partial charge is 0.117 e. The highest BCUT2D eigenvalue weighted by Gasteiger charge is 2.19. The van der Waals surface area contributed by atoms with Crippen LogP contribution in [0.5, 0.6) is 0 Å². The lowest BCUT2D eigenvalue weighted by atomic mass is 9.89. The van der Waals surface area contributed by atoms with E-state index >= 15 is 0 Å². The molecule has 1 heterocycles. The van der Waals surface area contributed by atoms with Gasteiger partial charge in [-0.3, -0.25) is 0 Å². The molecule has 4 heteroatoms. The molecular formula is C15H25NO3. The maximum absolute atomic E-state index is 9.84. The van der Waals surface area contributed by atoms with Gasteiger partial charge in [-0.05, 0) is 43.7 Å². The molecule has 1 aliphatic rings. The summed E-state index contributed by atoms with van der Waals surface area (Å²) in [5.74, 6) is 1.72. The molecule has 0 amide bonds. The first-order valence-corrected chi connectivity index (χ1v) is 7.27. The Labute approximate surface area is 115 Å². The zero-order valence-electron chi connectivity index (χ0n) is 11.7. The first kappa shape index (κ1) is 14.6. The maximum Gasteiger partial charge on any atom is 0.117 e. The molecular weight excluding hydrogens is 242 g/mol. The molecule has 1 aromatic heterocycles. The van der Waals surface area contributed by atoms with Crippen LogP contribution < -0.4 is 5.32 Å². The van der Waals surface area contributed by atoms with E-state index in [2.05, 4.69) is 12.2 Å². The van der Waals surface area contributed by atoms with Crippen molar-refractivity contribution in [1.29, 1.82) is 0 Å². The molecule has 0 radical (unpaired) electrons. The number of nitrogens with one attached hydrogen (secondary N) is 1. The van der Waals surface area contributed by atoms with E-state index in [1.54, 1.807) is 6.26 Å². The molecule has 1 atom stereocenters. The Morgan fingerprint density at radius 2 is 2.21 bits per heavy atom. The number of furan rings is 1. The Kier molecular flexibility index (Phi) is 5.89. The molecule has 2 rings (SSSR count). The van der Waals surface area contributed by atoms with E-state index in [-0.39, 0.29) is 0 Å². The molecule has 0 unspecified atom stereocenters. The lowest BCUT2D eigenvalue weighted by Gasteiger charge is -2.27. The van der Waals surface area contributed by atoms with Gasteiger partial charge in [-0.2, -0.15) is 0 Å². The van der Waals surface area contributed by atoms with Crippen LogP contribution in [0.1, 0.15) is 38.4 Å². The molecule has 1 saturated carbocycles. The molecule has 0 spiro atoms. The van der Waals surface area contributed by atoms with Gasteiger partial charge in [-0.15, -0.1) is 0 Å². The van der Waals surface area contributed by atoms with Crippen molar-refractivity contribution in [3.05, 3.63) is 24.2 Å². The molecule has 1 fully saturated rings. The second-order valence-electron chi connectivity index (χ2n) is 5.58. The summed E-state index contributed by atoms with van der Waals surface area (Å²) in [5, 5.41) is 13.0. The minimum atomic E-state index is -0.450. The highest BCUT2D eigenvalue weighted by atomic mass is 16.5. The monoisotopic (exact) mass is 267 g/mol. The number of hydrogen-bond donors (Lipinski definition) is 2. The second-order valence-corrected chi connectivity index (χ2v) is 5.58. The van der Waals surface area contributed by atoms with E-state index in [9.17, 15) is 5.11 Å². The summed E-state index contributed by atoms with van der Waals surface area (Å²) >= 11 is 0. The summed E-state index contributed by atoms with van der Waals surface area (Å²) in [6.07, 6.45) is 6.31. The highest BCUT2D eigenvalue weighted by Crippen LogP contribution is 2.25. The fraction of sp³-hybridized carbons (Fsp3) is 0.733. The average Bonchev–Trinajstić information content (AvgIpc) is 2.91. The van der Waals surface area contributed by atoms with Crippen molar-refractivity contribution < 1.29 is 14.3 Å². The molecule has 4 nitrogen and oxygen atoms in total. The third-order valence-electron chi connectivity index (χ3n) is 3.75. The van der Waals surface area contributed by atoms with Crippen LogP contribution in [-0.4, -0.2) is 30.5 Å². The first-order valence-electron chi connectivity index (χ1n) is 7.27. The lowest BCUT2D eigenvalue weighted by molar-refractivity contribution is -0.0279. The minimum Gasteiger partial charge on any atom is -0.468 e. The van der Waals surface area contributed by atoms with E-state index in [1.165, 1.54) is 12.8 Å². The predicted octanol–water partition coefficient (Wildman–Crippen LogP) is 2.33. The SMILES string of the molecule is CC1CCC(OC[C@H](O)CNCc2ccco2)CC1. The van der Waals surface area contributed by atoms with E-state index in [4.69, 9.17) is 9.15 Å². The van der Waals surface area contributed by atoms with Crippen molar-refractivity contribution in [2.45, 2.75) is 51.4 Å². The molecule has 0 bridgehead atoms. The van der Waals surface area contributed by atoms with Crippen molar-refractivity contribution in [1.82, 2.24) is 5.32 Å².